The standard InChI is InChI=1S/C26H27N5O5S/c1-4-8-24(32)27-17-9-7-10-19(13-17)31(37(33)34)26-25(29-22-11-5-6-12-23(22)30-26)28-18-14-20(35-2)16-21(15-18)36-3/h5-7,9-16H,4,8H2,1-3H3,(H,27,32)(H,28,29)(H,33,34). The van der Waals surface area contributed by atoms with E-state index in [-0.39, 0.29) is 17.5 Å². The number of hydrogen-bond donors (Lipinski definition) is 3. The van der Waals surface area contributed by atoms with Gasteiger partial charge in [0.15, 0.2) is 11.6 Å². The minimum Gasteiger partial charge on any atom is -0.497 e. The van der Waals surface area contributed by atoms with Gasteiger partial charge >= 0.3 is 0 Å². The second-order valence-corrected chi connectivity index (χ2v) is 8.81. The molecular weight excluding hydrogens is 494 g/mol. The number of anilines is 5. The van der Waals surface area contributed by atoms with E-state index in [1.54, 1.807) is 68.8 Å². The minimum absolute atomic E-state index is 0.110. The van der Waals surface area contributed by atoms with Crippen molar-refractivity contribution in [1.29, 1.82) is 0 Å². The van der Waals surface area contributed by atoms with Crippen molar-refractivity contribution in [2.75, 3.05) is 29.2 Å². The Kier molecular flexibility index (Phi) is 8.16. The topological polar surface area (TPSA) is 126 Å². The summed E-state index contributed by atoms with van der Waals surface area (Å²) >= 11 is -2.52. The Labute approximate surface area is 217 Å². The van der Waals surface area contributed by atoms with Gasteiger partial charge in [-0.2, -0.15) is 0 Å². The van der Waals surface area contributed by atoms with Gasteiger partial charge in [-0.1, -0.05) is 25.1 Å². The molecule has 0 aliphatic carbocycles. The number of nitrogens with zero attached hydrogens (tertiary/aromatic N) is 3. The van der Waals surface area contributed by atoms with E-state index in [0.29, 0.717) is 52.4 Å². The molecule has 1 amide bonds. The van der Waals surface area contributed by atoms with Gasteiger partial charge in [-0.05, 0) is 36.8 Å². The summed E-state index contributed by atoms with van der Waals surface area (Å²) in [4.78, 5) is 21.5. The number of amides is 1. The van der Waals surface area contributed by atoms with Gasteiger partial charge in [-0.15, -0.1) is 0 Å². The Bertz CT molecular complexity index is 1430. The second-order valence-electron chi connectivity index (χ2n) is 7.98. The number of nitrogens with one attached hydrogen (secondary N) is 2. The van der Waals surface area contributed by atoms with E-state index in [1.807, 2.05) is 19.1 Å². The van der Waals surface area contributed by atoms with Crippen molar-refractivity contribution in [2.45, 2.75) is 19.8 Å². The molecule has 11 heteroatoms. The Hall–Kier alpha value is -4.22. The van der Waals surface area contributed by atoms with Crippen LogP contribution >= 0.6 is 0 Å². The molecule has 37 heavy (non-hydrogen) atoms. The number of hydrogen-bond acceptors (Lipinski definition) is 7. The molecule has 3 aromatic carbocycles. The Morgan fingerprint density at radius 1 is 0.946 bits per heavy atom. The van der Waals surface area contributed by atoms with E-state index in [9.17, 15) is 13.6 Å². The van der Waals surface area contributed by atoms with Crippen molar-refractivity contribution in [1.82, 2.24) is 9.97 Å². The number of ether oxygens (including phenoxy) is 2. The first-order valence-electron chi connectivity index (χ1n) is 11.5. The Morgan fingerprint density at radius 2 is 1.62 bits per heavy atom. The van der Waals surface area contributed by atoms with Gasteiger partial charge in [0.1, 0.15) is 11.5 Å². The van der Waals surface area contributed by atoms with Crippen molar-refractivity contribution >= 4 is 56.9 Å². The summed E-state index contributed by atoms with van der Waals surface area (Å²) in [5, 5.41) is 6.00. The van der Waals surface area contributed by atoms with Gasteiger partial charge in [0.05, 0.1) is 30.9 Å². The molecule has 1 unspecified atom stereocenters. The highest BCUT2D eigenvalue weighted by Crippen LogP contribution is 2.36. The highest BCUT2D eigenvalue weighted by atomic mass is 32.2. The molecular formula is C26H27N5O5S. The molecule has 0 aliphatic rings. The zero-order valence-electron chi connectivity index (χ0n) is 20.6. The smallest absolute Gasteiger partial charge is 0.268 e. The molecule has 0 saturated heterocycles. The highest BCUT2D eigenvalue weighted by molar-refractivity contribution is 7.81. The molecule has 1 aromatic heterocycles. The van der Waals surface area contributed by atoms with Gasteiger partial charge in [-0.25, -0.2) is 18.5 Å². The van der Waals surface area contributed by atoms with Crippen LogP contribution in [-0.4, -0.2) is 38.9 Å². The molecule has 0 saturated carbocycles. The third-order valence-electron chi connectivity index (χ3n) is 5.36. The number of para-hydroxylation sites is 2. The number of methoxy groups -OCH3 is 2. The van der Waals surface area contributed by atoms with Crippen molar-refractivity contribution in [3.05, 3.63) is 66.7 Å². The molecule has 192 valence electrons. The highest BCUT2D eigenvalue weighted by Gasteiger charge is 2.23. The van der Waals surface area contributed by atoms with Crippen LogP contribution in [0.3, 0.4) is 0 Å². The number of aromatic nitrogens is 2. The van der Waals surface area contributed by atoms with Crippen molar-refractivity contribution in [3.63, 3.8) is 0 Å². The number of carbonyl (C=O) groups excluding carboxylic acids is 1. The lowest BCUT2D eigenvalue weighted by Gasteiger charge is -2.23. The normalized spacial score (nSPS) is 11.6. The predicted molar refractivity (Wildman–Crippen MR) is 145 cm³/mol. The maximum absolute atomic E-state index is 12.7. The second kappa shape index (κ2) is 11.7. The van der Waals surface area contributed by atoms with Gasteiger partial charge < -0.3 is 20.1 Å². The number of fused-ring (bicyclic) bond motifs is 1. The van der Waals surface area contributed by atoms with E-state index in [1.165, 1.54) is 0 Å². The maximum Gasteiger partial charge on any atom is 0.268 e. The molecule has 4 rings (SSSR count). The molecule has 0 spiro atoms. The van der Waals surface area contributed by atoms with Gasteiger partial charge in [0.2, 0.25) is 5.91 Å². The van der Waals surface area contributed by atoms with Crippen LogP contribution in [-0.2, 0) is 16.1 Å². The van der Waals surface area contributed by atoms with Crippen molar-refractivity contribution < 1.29 is 23.0 Å². The Morgan fingerprint density at radius 3 is 2.24 bits per heavy atom. The summed E-state index contributed by atoms with van der Waals surface area (Å²) in [6.45, 7) is 1.91. The molecule has 3 N–H and O–H groups in total. The SMILES string of the molecule is CCCC(=O)Nc1cccc(N(c2nc3ccccc3nc2Nc2cc(OC)cc(OC)c2)S(=O)O)c1. The van der Waals surface area contributed by atoms with E-state index in [4.69, 9.17) is 14.5 Å². The van der Waals surface area contributed by atoms with Crippen LogP contribution in [0.4, 0.5) is 28.7 Å². The van der Waals surface area contributed by atoms with E-state index < -0.39 is 11.3 Å². The van der Waals surface area contributed by atoms with Gasteiger partial charge in [0, 0.05) is 36.0 Å². The van der Waals surface area contributed by atoms with E-state index in [0.717, 1.165) is 4.31 Å². The Balaban J connectivity index is 1.83. The van der Waals surface area contributed by atoms with Crippen LogP contribution in [0.2, 0.25) is 0 Å². The number of benzene rings is 3. The van der Waals surface area contributed by atoms with Crippen molar-refractivity contribution in [3.8, 4) is 11.5 Å². The zero-order valence-corrected chi connectivity index (χ0v) is 21.4. The quantitative estimate of drug-likeness (QED) is 0.237. The monoisotopic (exact) mass is 521 g/mol. The lowest BCUT2D eigenvalue weighted by molar-refractivity contribution is -0.116. The summed E-state index contributed by atoms with van der Waals surface area (Å²) in [5.41, 5.74) is 2.53. The first-order chi connectivity index (χ1) is 17.9. The van der Waals surface area contributed by atoms with Crippen LogP contribution in [0, 0.1) is 0 Å². The summed E-state index contributed by atoms with van der Waals surface area (Å²) in [5.74, 6) is 1.30. The van der Waals surface area contributed by atoms with Gasteiger partial charge in [-0.3, -0.25) is 9.35 Å². The third kappa shape index (κ3) is 6.13. The summed E-state index contributed by atoms with van der Waals surface area (Å²) in [6.07, 6.45) is 1.07. The number of carbonyl (C=O) groups is 1. The van der Waals surface area contributed by atoms with Gasteiger partial charge in [0.25, 0.3) is 11.3 Å². The minimum atomic E-state index is -2.52. The molecule has 10 nitrogen and oxygen atoms in total. The molecule has 1 heterocycles. The molecule has 4 aromatic rings. The molecule has 0 fully saturated rings. The average molecular weight is 522 g/mol. The first kappa shape index (κ1) is 25.9. The molecule has 0 bridgehead atoms. The predicted octanol–water partition coefficient (Wildman–Crippen LogP) is 5.40. The summed E-state index contributed by atoms with van der Waals surface area (Å²) in [7, 11) is 3.09. The fourth-order valence-corrected chi connectivity index (χ4v) is 4.25. The average Bonchev–Trinajstić information content (AvgIpc) is 2.89. The zero-order chi connectivity index (χ0) is 26.4. The fraction of sp³-hybridized carbons (Fsp3) is 0.192. The maximum atomic E-state index is 12.7. The van der Waals surface area contributed by atoms with Crippen LogP contribution < -0.4 is 24.4 Å². The third-order valence-corrected chi connectivity index (χ3v) is 6.05. The molecule has 0 radical (unpaired) electrons. The summed E-state index contributed by atoms with van der Waals surface area (Å²) in [6, 6.07) is 19.1. The largest absolute Gasteiger partial charge is 0.497 e. The van der Waals surface area contributed by atoms with Crippen LogP contribution in [0.1, 0.15) is 19.8 Å². The number of rotatable bonds is 10. The lowest BCUT2D eigenvalue weighted by Crippen LogP contribution is -2.22. The van der Waals surface area contributed by atoms with Crippen LogP contribution in [0.25, 0.3) is 11.0 Å². The summed E-state index contributed by atoms with van der Waals surface area (Å²) < 4.78 is 34.9. The first-order valence-corrected chi connectivity index (χ1v) is 12.6. The molecule has 0 aliphatic heterocycles. The van der Waals surface area contributed by atoms with Crippen LogP contribution in [0.5, 0.6) is 11.5 Å². The fourth-order valence-electron chi connectivity index (χ4n) is 3.68. The lowest BCUT2D eigenvalue weighted by atomic mass is 10.2. The van der Waals surface area contributed by atoms with Crippen molar-refractivity contribution in [2.24, 2.45) is 0 Å². The van der Waals surface area contributed by atoms with E-state index >= 15 is 0 Å². The van der Waals surface area contributed by atoms with E-state index in [2.05, 4.69) is 15.6 Å². The molecule has 1 atom stereocenters. The van der Waals surface area contributed by atoms with Crippen LogP contribution in [0.15, 0.2) is 66.7 Å².